The number of ether oxygens (including phenoxy) is 1. The van der Waals surface area contributed by atoms with E-state index in [4.69, 9.17) is 4.74 Å². The number of nitriles is 1. The van der Waals surface area contributed by atoms with Gasteiger partial charge < -0.3 is 9.64 Å². The molecule has 0 atom stereocenters. The third-order valence-corrected chi connectivity index (χ3v) is 4.50. The highest BCUT2D eigenvalue weighted by Gasteiger charge is 2.29. The lowest BCUT2D eigenvalue weighted by Crippen LogP contribution is -2.27. The van der Waals surface area contributed by atoms with E-state index >= 15 is 0 Å². The fourth-order valence-electron chi connectivity index (χ4n) is 3.22. The van der Waals surface area contributed by atoms with Gasteiger partial charge in [0.2, 0.25) is 0 Å². The van der Waals surface area contributed by atoms with E-state index in [2.05, 4.69) is 16.2 Å². The Bertz CT molecular complexity index is 1040. The van der Waals surface area contributed by atoms with Gasteiger partial charge in [-0.2, -0.15) is 10.4 Å². The summed E-state index contributed by atoms with van der Waals surface area (Å²) in [5.74, 6) is 0.326. The first-order valence-corrected chi connectivity index (χ1v) is 9.03. The van der Waals surface area contributed by atoms with Gasteiger partial charge in [-0.25, -0.2) is 4.68 Å². The quantitative estimate of drug-likeness (QED) is 0.702. The standard InChI is InChI=1S/C21H19N5O2/c1-14(2)28-20-4-3-15(10-22)9-18(20)21(27)25-11-16-12-26(24-19(16)13-25)17-5-7-23-8-6-17/h3-9,12,14H,11,13H2,1-2H3. The molecule has 0 bridgehead atoms. The van der Waals surface area contributed by atoms with E-state index in [1.165, 1.54) is 0 Å². The third-order valence-electron chi connectivity index (χ3n) is 4.50. The number of hydrogen-bond donors (Lipinski definition) is 0. The molecule has 2 aromatic heterocycles. The summed E-state index contributed by atoms with van der Waals surface area (Å²) in [6.07, 6.45) is 5.31. The molecule has 1 aromatic carbocycles. The van der Waals surface area contributed by atoms with E-state index in [1.54, 1.807) is 40.2 Å². The number of carbonyl (C=O) groups is 1. The Hall–Kier alpha value is -3.66. The lowest BCUT2D eigenvalue weighted by molar-refractivity contribution is 0.0743. The van der Waals surface area contributed by atoms with Crippen molar-refractivity contribution in [2.24, 2.45) is 0 Å². The predicted octanol–water partition coefficient (Wildman–Crippen LogP) is 3.08. The molecule has 0 unspecified atom stereocenters. The number of carbonyl (C=O) groups excluding carboxylic acids is 1. The Balaban J connectivity index is 1.58. The number of benzene rings is 1. The van der Waals surface area contributed by atoms with Crippen LogP contribution in [-0.2, 0) is 13.1 Å². The van der Waals surface area contributed by atoms with Crippen LogP contribution in [0.2, 0.25) is 0 Å². The molecule has 1 amide bonds. The summed E-state index contributed by atoms with van der Waals surface area (Å²) in [5.41, 5.74) is 3.64. The fraction of sp³-hybridized carbons (Fsp3) is 0.238. The molecule has 7 nitrogen and oxygen atoms in total. The molecule has 0 N–H and O–H groups in total. The molecule has 140 valence electrons. The van der Waals surface area contributed by atoms with Gasteiger partial charge in [-0.1, -0.05) is 0 Å². The smallest absolute Gasteiger partial charge is 0.258 e. The van der Waals surface area contributed by atoms with Crippen molar-refractivity contribution < 1.29 is 9.53 Å². The van der Waals surface area contributed by atoms with Gasteiger partial charge in [-0.15, -0.1) is 0 Å². The van der Waals surface area contributed by atoms with Crippen LogP contribution >= 0.6 is 0 Å². The molecule has 0 radical (unpaired) electrons. The second kappa shape index (κ2) is 7.16. The zero-order valence-corrected chi connectivity index (χ0v) is 15.7. The van der Waals surface area contributed by atoms with Gasteiger partial charge in [0, 0.05) is 30.7 Å². The van der Waals surface area contributed by atoms with Gasteiger partial charge in [0.15, 0.2) is 0 Å². The number of rotatable bonds is 4. The summed E-state index contributed by atoms with van der Waals surface area (Å²) in [7, 11) is 0. The molecule has 0 saturated carbocycles. The van der Waals surface area contributed by atoms with E-state index in [0.717, 1.165) is 16.9 Å². The van der Waals surface area contributed by atoms with Crippen molar-refractivity contribution in [2.75, 3.05) is 0 Å². The lowest BCUT2D eigenvalue weighted by atomic mass is 10.1. The van der Waals surface area contributed by atoms with Crippen molar-refractivity contribution in [3.05, 3.63) is 71.3 Å². The second-order valence-corrected chi connectivity index (χ2v) is 6.90. The SMILES string of the molecule is CC(C)Oc1ccc(C#N)cc1C(=O)N1Cc2cn(-c3ccncc3)nc2C1. The molecule has 0 fully saturated rings. The van der Waals surface area contributed by atoms with Crippen LogP contribution < -0.4 is 4.74 Å². The fourth-order valence-corrected chi connectivity index (χ4v) is 3.22. The Morgan fingerprint density at radius 3 is 2.68 bits per heavy atom. The summed E-state index contributed by atoms with van der Waals surface area (Å²) in [6, 6.07) is 10.8. The predicted molar refractivity (Wildman–Crippen MR) is 102 cm³/mol. The van der Waals surface area contributed by atoms with E-state index in [9.17, 15) is 10.1 Å². The van der Waals surface area contributed by atoms with Gasteiger partial charge >= 0.3 is 0 Å². The largest absolute Gasteiger partial charge is 0.490 e. The van der Waals surface area contributed by atoms with Crippen molar-refractivity contribution in [2.45, 2.75) is 33.0 Å². The highest BCUT2D eigenvalue weighted by Crippen LogP contribution is 2.28. The zero-order valence-electron chi connectivity index (χ0n) is 15.7. The van der Waals surface area contributed by atoms with E-state index in [-0.39, 0.29) is 12.0 Å². The van der Waals surface area contributed by atoms with Crippen molar-refractivity contribution in [3.8, 4) is 17.5 Å². The Morgan fingerprint density at radius 1 is 1.21 bits per heavy atom. The molecule has 4 rings (SSSR count). The molecule has 3 heterocycles. The van der Waals surface area contributed by atoms with E-state index in [0.29, 0.717) is 30.0 Å². The van der Waals surface area contributed by atoms with Crippen LogP contribution in [0.5, 0.6) is 5.75 Å². The number of nitrogens with zero attached hydrogens (tertiary/aromatic N) is 5. The van der Waals surface area contributed by atoms with Crippen LogP contribution in [0.15, 0.2) is 48.9 Å². The first-order valence-electron chi connectivity index (χ1n) is 9.03. The Kier molecular flexibility index (Phi) is 4.53. The number of pyridine rings is 1. The molecule has 0 aliphatic carbocycles. The Morgan fingerprint density at radius 2 is 2.00 bits per heavy atom. The molecule has 0 spiro atoms. The average Bonchev–Trinajstić information content (AvgIpc) is 3.27. The van der Waals surface area contributed by atoms with Crippen molar-refractivity contribution in [1.82, 2.24) is 19.7 Å². The lowest BCUT2D eigenvalue weighted by Gasteiger charge is -2.19. The first kappa shape index (κ1) is 17.7. The molecule has 7 heteroatoms. The van der Waals surface area contributed by atoms with Crippen LogP contribution in [0.3, 0.4) is 0 Å². The summed E-state index contributed by atoms with van der Waals surface area (Å²) < 4.78 is 7.58. The molecule has 28 heavy (non-hydrogen) atoms. The van der Waals surface area contributed by atoms with Crippen LogP contribution in [0, 0.1) is 11.3 Å². The molecule has 3 aromatic rings. The van der Waals surface area contributed by atoms with Gasteiger partial charge in [0.25, 0.3) is 5.91 Å². The maximum Gasteiger partial charge on any atom is 0.258 e. The molecular formula is C21H19N5O2. The summed E-state index contributed by atoms with van der Waals surface area (Å²) in [5, 5.41) is 13.8. The molecule has 1 aliphatic heterocycles. The average molecular weight is 373 g/mol. The molecule has 0 saturated heterocycles. The van der Waals surface area contributed by atoms with E-state index < -0.39 is 0 Å². The van der Waals surface area contributed by atoms with Crippen LogP contribution in [0.25, 0.3) is 5.69 Å². The number of hydrogen-bond acceptors (Lipinski definition) is 5. The minimum atomic E-state index is -0.166. The summed E-state index contributed by atoms with van der Waals surface area (Å²) >= 11 is 0. The van der Waals surface area contributed by atoms with Gasteiger partial charge in [0.05, 0.1) is 41.2 Å². The first-order chi connectivity index (χ1) is 13.5. The topological polar surface area (TPSA) is 84.0 Å². The second-order valence-electron chi connectivity index (χ2n) is 6.90. The van der Waals surface area contributed by atoms with Gasteiger partial charge in [-0.05, 0) is 44.2 Å². The minimum absolute atomic E-state index is 0.0709. The van der Waals surface area contributed by atoms with Crippen LogP contribution in [0.1, 0.15) is 41.0 Å². The van der Waals surface area contributed by atoms with Crippen molar-refractivity contribution in [1.29, 1.82) is 5.26 Å². The minimum Gasteiger partial charge on any atom is -0.490 e. The zero-order chi connectivity index (χ0) is 19.7. The number of fused-ring (bicyclic) bond motifs is 1. The van der Waals surface area contributed by atoms with Gasteiger partial charge in [0.1, 0.15) is 5.75 Å². The maximum absolute atomic E-state index is 13.1. The molecular weight excluding hydrogens is 354 g/mol. The normalized spacial score (nSPS) is 12.7. The summed E-state index contributed by atoms with van der Waals surface area (Å²) in [6.45, 7) is 4.70. The van der Waals surface area contributed by atoms with Gasteiger partial charge in [-0.3, -0.25) is 9.78 Å². The number of amides is 1. The van der Waals surface area contributed by atoms with E-state index in [1.807, 2.05) is 32.2 Å². The van der Waals surface area contributed by atoms with Crippen LogP contribution in [0.4, 0.5) is 0 Å². The third kappa shape index (κ3) is 3.32. The highest BCUT2D eigenvalue weighted by molar-refractivity contribution is 5.97. The summed E-state index contributed by atoms with van der Waals surface area (Å²) in [4.78, 5) is 18.9. The number of aromatic nitrogens is 3. The Labute approximate surface area is 162 Å². The van der Waals surface area contributed by atoms with Crippen LogP contribution in [-0.4, -0.2) is 31.7 Å². The van der Waals surface area contributed by atoms with Crippen molar-refractivity contribution >= 4 is 5.91 Å². The maximum atomic E-state index is 13.1. The highest BCUT2D eigenvalue weighted by atomic mass is 16.5. The van der Waals surface area contributed by atoms with Crippen molar-refractivity contribution in [3.63, 3.8) is 0 Å². The monoisotopic (exact) mass is 373 g/mol. The molecule has 1 aliphatic rings.